The fourth-order valence-corrected chi connectivity index (χ4v) is 6.67. The van der Waals surface area contributed by atoms with E-state index in [-0.39, 0.29) is 29.5 Å². The Kier molecular flexibility index (Phi) is 8.64. The molecule has 0 saturated carbocycles. The lowest BCUT2D eigenvalue weighted by Crippen LogP contribution is -2.44. The predicted molar refractivity (Wildman–Crippen MR) is 154 cm³/mol. The van der Waals surface area contributed by atoms with E-state index in [1.807, 2.05) is 35.2 Å². The summed E-state index contributed by atoms with van der Waals surface area (Å²) >= 11 is 0. The zero-order valence-electron chi connectivity index (χ0n) is 22.7. The van der Waals surface area contributed by atoms with Gasteiger partial charge >= 0.3 is 5.69 Å². The zero-order chi connectivity index (χ0) is 28.2. The molecule has 40 heavy (non-hydrogen) atoms. The molecule has 2 N–H and O–H groups in total. The van der Waals surface area contributed by atoms with Crippen molar-refractivity contribution >= 4 is 19.9 Å². The van der Waals surface area contributed by atoms with Crippen molar-refractivity contribution in [3.8, 4) is 17.2 Å². The molecule has 10 heteroatoms. The molecule has 5 rings (SSSR count). The Morgan fingerprint density at radius 3 is 2.62 bits per heavy atom. The van der Waals surface area contributed by atoms with Crippen LogP contribution in [-0.2, 0) is 17.1 Å². The molecule has 0 aromatic heterocycles. The normalized spacial score (nSPS) is 17.1. The van der Waals surface area contributed by atoms with E-state index < -0.39 is 13.2 Å². The van der Waals surface area contributed by atoms with Crippen molar-refractivity contribution < 1.29 is 23.7 Å². The van der Waals surface area contributed by atoms with Gasteiger partial charge in [0, 0.05) is 41.9 Å². The lowest BCUT2D eigenvalue weighted by atomic mass is 9.95. The second kappa shape index (κ2) is 12.3. The van der Waals surface area contributed by atoms with Crippen molar-refractivity contribution in [2.24, 2.45) is 5.50 Å². The fourth-order valence-electron chi connectivity index (χ4n) is 5.48. The summed E-state index contributed by atoms with van der Waals surface area (Å²) in [5.41, 5.74) is 9.28. The molecule has 2 heterocycles. The molecule has 2 atom stereocenters. The Balaban J connectivity index is 1.43. The van der Waals surface area contributed by atoms with Gasteiger partial charge in [-0.2, -0.15) is 0 Å². The third kappa shape index (κ3) is 5.82. The summed E-state index contributed by atoms with van der Waals surface area (Å²) in [4.78, 5) is 26.8. The van der Waals surface area contributed by atoms with Gasteiger partial charge in [-0.15, -0.1) is 0 Å². The van der Waals surface area contributed by atoms with E-state index in [0.717, 1.165) is 24.0 Å². The molecule has 2 unspecified atom stereocenters. The molecular formula is C30H34N3O6P. The van der Waals surface area contributed by atoms with E-state index in [2.05, 4.69) is 13.8 Å². The van der Waals surface area contributed by atoms with E-state index in [9.17, 15) is 14.9 Å². The van der Waals surface area contributed by atoms with Gasteiger partial charge in [-0.25, -0.2) is 0 Å². The third-order valence-electron chi connectivity index (χ3n) is 7.55. The van der Waals surface area contributed by atoms with Crippen LogP contribution in [0.3, 0.4) is 0 Å². The van der Waals surface area contributed by atoms with Crippen LogP contribution in [-0.4, -0.2) is 34.9 Å². The van der Waals surface area contributed by atoms with Gasteiger partial charge in [-0.1, -0.05) is 50.2 Å². The number of hydrogen-bond acceptors (Lipinski definition) is 7. The number of amides is 1. The van der Waals surface area contributed by atoms with Crippen LogP contribution in [0.1, 0.15) is 66.3 Å². The number of nitrogens with zero attached hydrogens (tertiary/aromatic N) is 2. The summed E-state index contributed by atoms with van der Waals surface area (Å²) in [6, 6.07) is 18.4. The lowest BCUT2D eigenvalue weighted by molar-refractivity contribution is -0.385. The Morgan fingerprint density at radius 1 is 1.12 bits per heavy atom. The average molecular weight is 564 g/mol. The van der Waals surface area contributed by atoms with Crippen molar-refractivity contribution in [2.45, 2.75) is 57.8 Å². The second-order valence-electron chi connectivity index (χ2n) is 10.0. The molecule has 9 nitrogen and oxygen atoms in total. The zero-order valence-corrected chi connectivity index (χ0v) is 23.6. The molecule has 0 radical (unpaired) electrons. The number of carbonyl (C=O) groups is 1. The molecule has 0 saturated heterocycles. The van der Waals surface area contributed by atoms with Crippen molar-refractivity contribution in [2.75, 3.05) is 13.2 Å². The molecule has 210 valence electrons. The van der Waals surface area contributed by atoms with Gasteiger partial charge in [0.2, 0.25) is 5.75 Å². The maximum atomic E-state index is 13.3. The minimum Gasteiger partial charge on any atom is -0.493 e. The smallest absolute Gasteiger partial charge is 0.315 e. The topological polar surface area (TPSA) is 117 Å². The largest absolute Gasteiger partial charge is 0.493 e. The van der Waals surface area contributed by atoms with Crippen LogP contribution in [0.15, 0.2) is 60.7 Å². The summed E-state index contributed by atoms with van der Waals surface area (Å²) in [6.07, 6.45) is 3.16. The number of nitro benzene ring substituents is 1. The maximum absolute atomic E-state index is 13.3. The summed E-state index contributed by atoms with van der Waals surface area (Å²) in [5, 5.41) is 12.0. The van der Waals surface area contributed by atoms with Crippen LogP contribution in [0.4, 0.5) is 5.69 Å². The fraction of sp³-hybridized carbons (Fsp3) is 0.367. The third-order valence-corrected chi connectivity index (χ3v) is 8.75. The number of rotatable bonds is 10. The number of nitro groups is 1. The standard InChI is InChI=1S/C30H34N3O6P/c1-3-21(4-2)32-15-13-22-23(30(32)34)11-8-12-26(22)38-29-17-24-27(14-16-37-28(24)18-25(29)33(35)36)39-40(31)19-20-9-6-5-7-10-20/h5-12,17-18,21,27H,3-4,13-16,19,31H2,1-2H3. The summed E-state index contributed by atoms with van der Waals surface area (Å²) in [6.45, 7) is 5.12. The molecule has 0 spiro atoms. The Hall–Kier alpha value is -3.52. The summed E-state index contributed by atoms with van der Waals surface area (Å²) in [7, 11) is -1.28. The monoisotopic (exact) mass is 563 g/mol. The molecule has 0 fully saturated rings. The van der Waals surface area contributed by atoms with Crippen molar-refractivity contribution in [3.05, 3.63) is 93.0 Å². The van der Waals surface area contributed by atoms with Gasteiger partial charge in [0.1, 0.15) is 19.8 Å². The minimum absolute atomic E-state index is 0.0306. The lowest BCUT2D eigenvalue weighted by Gasteiger charge is -2.35. The molecule has 3 aromatic carbocycles. The number of nitrogens with two attached hydrogens (primary N) is 1. The highest BCUT2D eigenvalue weighted by Gasteiger charge is 2.33. The highest BCUT2D eigenvalue weighted by atomic mass is 31.2. The van der Waals surface area contributed by atoms with Crippen LogP contribution in [0.5, 0.6) is 17.2 Å². The number of benzene rings is 3. The number of fused-ring (bicyclic) bond motifs is 2. The SMILES string of the molecule is CCC(CC)N1CCc2c(Oc3cc4c(cc3[N+](=O)[O-])OCCC4OP(N)Cc3ccccc3)cccc2C1=O. The van der Waals surface area contributed by atoms with E-state index in [1.165, 1.54) is 6.07 Å². The van der Waals surface area contributed by atoms with Crippen LogP contribution in [0.25, 0.3) is 0 Å². The van der Waals surface area contributed by atoms with Crippen LogP contribution >= 0.6 is 8.30 Å². The van der Waals surface area contributed by atoms with E-state index in [0.29, 0.717) is 54.8 Å². The quantitative estimate of drug-likeness (QED) is 0.162. The summed E-state index contributed by atoms with van der Waals surface area (Å²) < 4.78 is 18.3. The number of carbonyl (C=O) groups excluding carboxylic acids is 1. The Labute approximate surface area is 235 Å². The first-order valence-corrected chi connectivity index (χ1v) is 15.2. The van der Waals surface area contributed by atoms with Crippen LogP contribution in [0.2, 0.25) is 0 Å². The van der Waals surface area contributed by atoms with Gasteiger partial charge in [0.05, 0.1) is 23.7 Å². The van der Waals surface area contributed by atoms with E-state index in [1.54, 1.807) is 24.3 Å². The average Bonchev–Trinajstić information content (AvgIpc) is 2.95. The van der Waals surface area contributed by atoms with Gasteiger partial charge in [-0.3, -0.25) is 20.4 Å². The first-order valence-electron chi connectivity index (χ1n) is 13.7. The molecular weight excluding hydrogens is 529 g/mol. The highest BCUT2D eigenvalue weighted by molar-refractivity contribution is 7.49. The molecule has 2 aliphatic heterocycles. The Bertz CT molecular complexity index is 1380. The van der Waals surface area contributed by atoms with Gasteiger partial charge in [-0.05, 0) is 43.0 Å². The molecule has 0 aliphatic carbocycles. The van der Waals surface area contributed by atoms with Crippen molar-refractivity contribution in [1.29, 1.82) is 0 Å². The molecule has 3 aromatic rings. The number of hydrogen-bond donors (Lipinski definition) is 1. The van der Waals surface area contributed by atoms with Gasteiger partial charge < -0.3 is 18.9 Å². The molecule has 0 bridgehead atoms. The van der Waals surface area contributed by atoms with E-state index in [4.69, 9.17) is 19.5 Å². The first kappa shape index (κ1) is 28.0. The molecule has 1 amide bonds. The van der Waals surface area contributed by atoms with Crippen LogP contribution in [0, 0.1) is 10.1 Å². The predicted octanol–water partition coefficient (Wildman–Crippen LogP) is 6.89. The van der Waals surface area contributed by atoms with Crippen molar-refractivity contribution in [3.63, 3.8) is 0 Å². The van der Waals surface area contributed by atoms with Crippen LogP contribution < -0.4 is 15.0 Å². The highest BCUT2D eigenvalue weighted by Crippen LogP contribution is 2.48. The summed E-state index contributed by atoms with van der Waals surface area (Å²) in [5.74, 6) is 0.884. The minimum atomic E-state index is -1.28. The molecule has 2 aliphatic rings. The number of ether oxygens (including phenoxy) is 2. The Morgan fingerprint density at radius 2 is 1.90 bits per heavy atom. The van der Waals surface area contributed by atoms with Gasteiger partial charge in [0.15, 0.2) is 0 Å². The van der Waals surface area contributed by atoms with Crippen molar-refractivity contribution in [1.82, 2.24) is 4.90 Å². The van der Waals surface area contributed by atoms with Gasteiger partial charge in [0.25, 0.3) is 5.91 Å². The van der Waals surface area contributed by atoms with E-state index >= 15 is 0 Å². The maximum Gasteiger partial charge on any atom is 0.315 e. The first-order chi connectivity index (χ1) is 19.4. The second-order valence-corrected chi connectivity index (χ2v) is 11.4.